The number of nitrogens with one attached hydrogen (secondary N) is 2. The van der Waals surface area contributed by atoms with Crippen molar-refractivity contribution in [3.05, 3.63) is 76.3 Å². The molecule has 0 bridgehead atoms. The number of para-hydroxylation sites is 1. The van der Waals surface area contributed by atoms with E-state index in [9.17, 15) is 13.2 Å². The standard InChI is InChI=1S/C21H18Cl2N2O5S/c1-29-18-9-7-13(22)11-15(18)21(26)24-14-8-10-19(30-2)20(12-14)31(27,28)25-17-6-4-3-5-16(17)23/h3-12,25H,1-2H3,(H,24,26). The Bertz CT molecular complexity index is 1230. The molecule has 3 rings (SSSR count). The Balaban J connectivity index is 1.95. The van der Waals surface area contributed by atoms with Crippen LogP contribution in [0, 0.1) is 0 Å². The quantitative estimate of drug-likeness (QED) is 0.492. The van der Waals surface area contributed by atoms with Crippen molar-refractivity contribution in [2.24, 2.45) is 0 Å². The predicted molar refractivity (Wildman–Crippen MR) is 121 cm³/mol. The minimum absolute atomic E-state index is 0.0953. The van der Waals surface area contributed by atoms with Crippen molar-refractivity contribution in [3.63, 3.8) is 0 Å². The summed E-state index contributed by atoms with van der Waals surface area (Å²) in [4.78, 5) is 12.6. The van der Waals surface area contributed by atoms with Gasteiger partial charge in [-0.3, -0.25) is 9.52 Å². The molecular weight excluding hydrogens is 463 g/mol. The van der Waals surface area contributed by atoms with Crippen LogP contribution in [0.25, 0.3) is 0 Å². The van der Waals surface area contributed by atoms with Gasteiger partial charge in [-0.1, -0.05) is 35.3 Å². The number of rotatable bonds is 7. The van der Waals surface area contributed by atoms with Crippen LogP contribution in [0.1, 0.15) is 10.4 Å². The Morgan fingerprint density at radius 1 is 0.903 bits per heavy atom. The summed E-state index contributed by atoms with van der Waals surface area (Å²) < 4.78 is 38.8. The Labute approximate surface area is 189 Å². The zero-order chi connectivity index (χ0) is 22.6. The summed E-state index contributed by atoms with van der Waals surface area (Å²) in [5.74, 6) is -0.103. The van der Waals surface area contributed by atoms with Crippen LogP contribution in [0.5, 0.6) is 11.5 Å². The zero-order valence-corrected chi connectivity index (χ0v) is 18.8. The lowest BCUT2D eigenvalue weighted by Crippen LogP contribution is -2.16. The van der Waals surface area contributed by atoms with Crippen molar-refractivity contribution in [1.82, 2.24) is 0 Å². The van der Waals surface area contributed by atoms with Gasteiger partial charge in [-0.05, 0) is 48.5 Å². The average molecular weight is 481 g/mol. The van der Waals surface area contributed by atoms with Crippen LogP contribution >= 0.6 is 23.2 Å². The average Bonchev–Trinajstić information content (AvgIpc) is 2.75. The number of anilines is 2. The van der Waals surface area contributed by atoms with E-state index in [2.05, 4.69) is 10.0 Å². The van der Waals surface area contributed by atoms with E-state index in [1.54, 1.807) is 30.3 Å². The van der Waals surface area contributed by atoms with E-state index in [1.165, 1.54) is 44.6 Å². The van der Waals surface area contributed by atoms with Gasteiger partial charge in [-0.2, -0.15) is 0 Å². The Hall–Kier alpha value is -2.94. The summed E-state index contributed by atoms with van der Waals surface area (Å²) in [6.07, 6.45) is 0. The van der Waals surface area contributed by atoms with E-state index in [4.69, 9.17) is 32.7 Å². The molecule has 0 aliphatic heterocycles. The molecule has 10 heteroatoms. The second kappa shape index (κ2) is 9.47. The van der Waals surface area contributed by atoms with Crippen LogP contribution in [0.2, 0.25) is 10.0 Å². The lowest BCUT2D eigenvalue weighted by atomic mass is 10.2. The third-order valence-electron chi connectivity index (χ3n) is 4.24. The minimum atomic E-state index is -4.08. The fourth-order valence-electron chi connectivity index (χ4n) is 2.76. The summed E-state index contributed by atoms with van der Waals surface area (Å²) in [5, 5.41) is 3.24. The molecule has 1 amide bonds. The number of carbonyl (C=O) groups excluding carboxylic acids is 1. The molecule has 0 saturated carbocycles. The fraction of sp³-hybridized carbons (Fsp3) is 0.0952. The molecule has 0 aromatic heterocycles. The number of halogens is 2. The van der Waals surface area contributed by atoms with E-state index in [0.29, 0.717) is 10.8 Å². The monoisotopic (exact) mass is 480 g/mol. The van der Waals surface area contributed by atoms with Crippen molar-refractivity contribution in [3.8, 4) is 11.5 Å². The van der Waals surface area contributed by atoms with Crippen molar-refractivity contribution >= 4 is 50.5 Å². The number of methoxy groups -OCH3 is 2. The normalized spacial score (nSPS) is 11.0. The third kappa shape index (κ3) is 5.22. The predicted octanol–water partition coefficient (Wildman–Crippen LogP) is 5.06. The van der Waals surface area contributed by atoms with Crippen LogP contribution in [0.3, 0.4) is 0 Å². The Morgan fingerprint density at radius 3 is 2.26 bits per heavy atom. The van der Waals surface area contributed by atoms with E-state index in [0.717, 1.165) is 0 Å². The maximum absolute atomic E-state index is 13.0. The molecule has 0 atom stereocenters. The number of ether oxygens (including phenoxy) is 2. The smallest absolute Gasteiger partial charge is 0.265 e. The van der Waals surface area contributed by atoms with Gasteiger partial charge in [-0.25, -0.2) is 8.42 Å². The molecule has 0 unspecified atom stereocenters. The number of hydrogen-bond donors (Lipinski definition) is 2. The number of amides is 1. The molecule has 0 aliphatic rings. The molecular formula is C21H18Cl2N2O5S. The van der Waals surface area contributed by atoms with Gasteiger partial charge in [0, 0.05) is 10.7 Å². The van der Waals surface area contributed by atoms with Crippen LogP contribution < -0.4 is 19.5 Å². The SMILES string of the molecule is COc1ccc(Cl)cc1C(=O)Nc1ccc(OC)c(S(=O)(=O)Nc2ccccc2Cl)c1. The molecule has 162 valence electrons. The third-order valence-corrected chi connectivity index (χ3v) is 6.19. The Morgan fingerprint density at radius 2 is 1.58 bits per heavy atom. The summed E-state index contributed by atoms with van der Waals surface area (Å²) in [6, 6.07) is 15.3. The van der Waals surface area contributed by atoms with Gasteiger partial charge < -0.3 is 14.8 Å². The first kappa shape index (κ1) is 22.7. The van der Waals surface area contributed by atoms with E-state index in [-0.39, 0.29) is 32.6 Å². The first-order chi connectivity index (χ1) is 14.7. The van der Waals surface area contributed by atoms with Gasteiger partial charge in [0.05, 0.1) is 30.5 Å². The molecule has 0 radical (unpaired) electrons. The molecule has 7 nitrogen and oxygen atoms in total. The van der Waals surface area contributed by atoms with Crippen LogP contribution in [-0.4, -0.2) is 28.5 Å². The highest BCUT2D eigenvalue weighted by Crippen LogP contribution is 2.31. The van der Waals surface area contributed by atoms with Crippen LogP contribution in [0.4, 0.5) is 11.4 Å². The maximum atomic E-state index is 13.0. The van der Waals surface area contributed by atoms with Gasteiger partial charge in [0.1, 0.15) is 16.4 Å². The van der Waals surface area contributed by atoms with Crippen molar-refractivity contribution in [1.29, 1.82) is 0 Å². The van der Waals surface area contributed by atoms with E-state index >= 15 is 0 Å². The number of carbonyl (C=O) groups is 1. The van der Waals surface area contributed by atoms with Crippen molar-refractivity contribution < 1.29 is 22.7 Å². The fourth-order valence-corrected chi connectivity index (χ4v) is 4.45. The number of sulfonamides is 1. The Kier molecular flexibility index (Phi) is 6.94. The summed E-state index contributed by atoms with van der Waals surface area (Å²) in [6.45, 7) is 0. The summed E-state index contributed by atoms with van der Waals surface area (Å²) in [5.41, 5.74) is 0.640. The van der Waals surface area contributed by atoms with Gasteiger partial charge in [0.2, 0.25) is 0 Å². The second-order valence-electron chi connectivity index (χ2n) is 6.25. The topological polar surface area (TPSA) is 93.7 Å². The highest BCUT2D eigenvalue weighted by atomic mass is 35.5. The van der Waals surface area contributed by atoms with Crippen LogP contribution in [0.15, 0.2) is 65.6 Å². The largest absolute Gasteiger partial charge is 0.496 e. The van der Waals surface area contributed by atoms with Crippen LogP contribution in [-0.2, 0) is 10.0 Å². The highest BCUT2D eigenvalue weighted by molar-refractivity contribution is 7.92. The maximum Gasteiger partial charge on any atom is 0.265 e. The molecule has 0 spiro atoms. The first-order valence-corrected chi connectivity index (χ1v) is 11.1. The molecule has 31 heavy (non-hydrogen) atoms. The second-order valence-corrected chi connectivity index (χ2v) is 8.74. The van der Waals surface area contributed by atoms with Gasteiger partial charge in [0.25, 0.3) is 15.9 Å². The van der Waals surface area contributed by atoms with Crippen molar-refractivity contribution in [2.45, 2.75) is 4.90 Å². The van der Waals surface area contributed by atoms with Gasteiger partial charge in [-0.15, -0.1) is 0 Å². The number of hydrogen-bond acceptors (Lipinski definition) is 5. The lowest BCUT2D eigenvalue weighted by molar-refractivity contribution is 0.102. The van der Waals surface area contributed by atoms with E-state index in [1.807, 2.05) is 0 Å². The van der Waals surface area contributed by atoms with Gasteiger partial charge in [0.15, 0.2) is 0 Å². The molecule has 0 aliphatic carbocycles. The number of benzene rings is 3. The molecule has 0 saturated heterocycles. The van der Waals surface area contributed by atoms with Crippen molar-refractivity contribution in [2.75, 3.05) is 24.3 Å². The molecule has 3 aromatic carbocycles. The molecule has 0 fully saturated rings. The highest BCUT2D eigenvalue weighted by Gasteiger charge is 2.22. The van der Waals surface area contributed by atoms with Gasteiger partial charge >= 0.3 is 0 Å². The zero-order valence-electron chi connectivity index (χ0n) is 16.5. The van der Waals surface area contributed by atoms with E-state index < -0.39 is 15.9 Å². The molecule has 0 heterocycles. The first-order valence-electron chi connectivity index (χ1n) is 8.85. The molecule has 2 N–H and O–H groups in total. The summed E-state index contributed by atoms with van der Waals surface area (Å²) in [7, 11) is -1.30. The lowest BCUT2D eigenvalue weighted by Gasteiger charge is -2.15. The molecule has 3 aromatic rings. The summed E-state index contributed by atoms with van der Waals surface area (Å²) >= 11 is 12.0. The minimum Gasteiger partial charge on any atom is -0.496 e.